The van der Waals surface area contributed by atoms with Gasteiger partial charge in [0.2, 0.25) is 5.95 Å². The Morgan fingerprint density at radius 1 is 0.639 bits per heavy atom. The smallest absolute Gasteiger partial charge is 0.271 e. The van der Waals surface area contributed by atoms with Crippen molar-refractivity contribution in [2.24, 2.45) is 0 Å². The maximum Gasteiger partial charge on any atom is 0.271 e. The summed E-state index contributed by atoms with van der Waals surface area (Å²) >= 11 is 0. The molecular weight excluding hydrogens is 448 g/mol. The molecule has 0 radical (unpaired) electrons. The van der Waals surface area contributed by atoms with Crippen LogP contribution in [0.25, 0.3) is 50.6 Å². The molecule has 2 heterocycles. The molecule has 0 N–H and O–H groups in total. The molecule has 0 amide bonds. The first kappa shape index (κ1) is 21.4. The van der Waals surface area contributed by atoms with Crippen molar-refractivity contribution in [1.29, 1.82) is 0 Å². The molecule has 0 aliphatic heterocycles. The first-order chi connectivity index (χ1) is 17.7. The molecule has 6 nitrogen and oxygen atoms in total. The number of rotatable bonds is 5. The number of hydrogen-bond donors (Lipinski definition) is 0. The molecular formula is C30H20N4O2. The van der Waals surface area contributed by atoms with Crippen LogP contribution in [0, 0.1) is 10.1 Å². The van der Waals surface area contributed by atoms with Gasteiger partial charge in [0, 0.05) is 12.1 Å². The topological polar surface area (TPSA) is 74.0 Å². The van der Waals surface area contributed by atoms with Crippen LogP contribution in [0.2, 0.25) is 0 Å². The van der Waals surface area contributed by atoms with Crippen molar-refractivity contribution in [2.75, 3.05) is 0 Å². The molecule has 0 aliphatic carbocycles. The van der Waals surface area contributed by atoms with Crippen LogP contribution in [0.1, 0.15) is 0 Å². The summed E-state index contributed by atoms with van der Waals surface area (Å²) in [5, 5.41) is 11.3. The summed E-state index contributed by atoms with van der Waals surface area (Å²) in [6.45, 7) is 0. The summed E-state index contributed by atoms with van der Waals surface area (Å²) in [6.07, 6.45) is 0. The van der Waals surface area contributed by atoms with Gasteiger partial charge in [0.05, 0.1) is 27.3 Å². The minimum Gasteiger partial charge on any atom is -0.278 e. The zero-order valence-electron chi connectivity index (χ0n) is 19.2. The summed E-state index contributed by atoms with van der Waals surface area (Å²) in [6, 6.07) is 39.3. The van der Waals surface area contributed by atoms with Crippen LogP contribution in [0.4, 0.5) is 5.69 Å². The number of pyridine rings is 1. The summed E-state index contributed by atoms with van der Waals surface area (Å²) in [4.78, 5) is 20.4. The Labute approximate surface area is 207 Å². The van der Waals surface area contributed by atoms with Crippen molar-refractivity contribution in [3.8, 4) is 39.6 Å². The van der Waals surface area contributed by atoms with Gasteiger partial charge in [0.25, 0.3) is 5.69 Å². The zero-order chi connectivity index (χ0) is 24.5. The van der Waals surface area contributed by atoms with Crippen molar-refractivity contribution in [3.63, 3.8) is 0 Å². The van der Waals surface area contributed by atoms with Gasteiger partial charge in [-0.15, -0.1) is 0 Å². The second-order valence-electron chi connectivity index (χ2n) is 8.40. The Hall–Kier alpha value is -5.10. The van der Waals surface area contributed by atoms with Crippen LogP contribution >= 0.6 is 0 Å². The number of fused-ring (bicyclic) bond motifs is 1. The Balaban J connectivity index is 1.69. The number of nitro benzene ring substituents is 1. The standard InChI is InChI=1S/C30H20N4O2/c35-34(36)25-16-17-26-27(20-25)32-30(31-26)33-28(22-12-6-2-7-13-22)18-24(21-10-4-1-5-11-21)19-29(33)23-14-8-3-9-15-23/h1-20H. The van der Waals surface area contributed by atoms with Crippen LogP contribution in [0.5, 0.6) is 0 Å². The van der Waals surface area contributed by atoms with E-state index in [1.165, 1.54) is 12.1 Å². The Kier molecular flexibility index (Phi) is 5.31. The highest BCUT2D eigenvalue weighted by atomic mass is 16.6. The molecule has 0 spiro atoms. The van der Waals surface area contributed by atoms with Crippen molar-refractivity contribution in [1.82, 2.24) is 9.97 Å². The third-order valence-corrected chi connectivity index (χ3v) is 6.12. The fraction of sp³-hybridized carbons (Fsp3) is 0. The normalized spacial score (nSPS) is 11.0. The third kappa shape index (κ3) is 3.91. The van der Waals surface area contributed by atoms with Crippen molar-refractivity contribution in [2.45, 2.75) is 0 Å². The molecule has 0 saturated heterocycles. The minimum atomic E-state index is -0.416. The van der Waals surface area contributed by atoms with E-state index < -0.39 is 4.92 Å². The van der Waals surface area contributed by atoms with Gasteiger partial charge in [-0.05, 0) is 40.5 Å². The predicted octanol–water partition coefficient (Wildman–Crippen LogP) is 6.38. The van der Waals surface area contributed by atoms with Crippen molar-refractivity contribution in [3.05, 3.63) is 131 Å². The van der Waals surface area contributed by atoms with Gasteiger partial charge in [0.15, 0.2) is 0 Å². The average molecular weight is 469 g/mol. The highest BCUT2D eigenvalue weighted by molar-refractivity contribution is 5.79. The fourth-order valence-electron chi connectivity index (χ4n) is 4.40. The van der Waals surface area contributed by atoms with Crippen molar-refractivity contribution >= 4 is 16.7 Å². The molecule has 0 aliphatic rings. The number of imidazole rings is 1. The average Bonchev–Trinajstić information content (AvgIpc) is 3.37. The summed E-state index contributed by atoms with van der Waals surface area (Å²) < 4.78 is 2.03. The van der Waals surface area contributed by atoms with E-state index in [1.54, 1.807) is 6.07 Å². The number of nitro groups is 1. The molecule has 0 saturated carbocycles. The molecule has 0 atom stereocenters. The second kappa shape index (κ2) is 8.92. The van der Waals surface area contributed by atoms with Gasteiger partial charge < -0.3 is 0 Å². The minimum absolute atomic E-state index is 0.00931. The van der Waals surface area contributed by atoms with E-state index in [4.69, 9.17) is 9.97 Å². The number of benzene rings is 4. The van der Waals surface area contributed by atoms with E-state index in [2.05, 4.69) is 48.5 Å². The number of hydrogen-bond acceptors (Lipinski definition) is 3. The highest BCUT2D eigenvalue weighted by Crippen LogP contribution is 2.30. The lowest BCUT2D eigenvalue weighted by Crippen LogP contribution is -2.38. The van der Waals surface area contributed by atoms with Gasteiger partial charge in [0.1, 0.15) is 0 Å². The summed E-state index contributed by atoms with van der Waals surface area (Å²) in [7, 11) is 0. The van der Waals surface area contributed by atoms with Crippen LogP contribution in [0.3, 0.4) is 0 Å². The lowest BCUT2D eigenvalue weighted by molar-refractivity contribution is -0.579. The van der Waals surface area contributed by atoms with E-state index in [0.29, 0.717) is 17.0 Å². The quantitative estimate of drug-likeness (QED) is 0.167. The first-order valence-electron chi connectivity index (χ1n) is 11.5. The number of aromatic nitrogens is 3. The number of nitrogens with zero attached hydrogens (tertiary/aromatic N) is 4. The summed E-state index contributed by atoms with van der Waals surface area (Å²) in [5.74, 6) is 0.461. The van der Waals surface area contributed by atoms with Crippen LogP contribution in [-0.4, -0.2) is 9.91 Å². The fourth-order valence-corrected chi connectivity index (χ4v) is 4.40. The molecule has 0 unspecified atom stereocenters. The largest absolute Gasteiger partial charge is 0.278 e. The second-order valence-corrected chi connectivity index (χ2v) is 8.40. The van der Waals surface area contributed by atoms with Crippen LogP contribution < -0.4 is 9.55 Å². The van der Waals surface area contributed by atoms with E-state index in [0.717, 1.165) is 33.6 Å². The maximum absolute atomic E-state index is 11.3. The van der Waals surface area contributed by atoms with E-state index in [9.17, 15) is 10.1 Å². The molecule has 0 fully saturated rings. The maximum atomic E-state index is 11.3. The van der Waals surface area contributed by atoms with E-state index in [1.807, 2.05) is 59.2 Å². The van der Waals surface area contributed by atoms with Crippen molar-refractivity contribution < 1.29 is 9.49 Å². The van der Waals surface area contributed by atoms with Gasteiger partial charge >= 0.3 is 0 Å². The Bertz CT molecular complexity index is 1640. The van der Waals surface area contributed by atoms with Gasteiger partial charge in [-0.3, -0.25) is 14.7 Å². The van der Waals surface area contributed by atoms with E-state index in [-0.39, 0.29) is 5.69 Å². The molecule has 36 heavy (non-hydrogen) atoms. The molecule has 6 heteroatoms. The third-order valence-electron chi connectivity index (χ3n) is 6.12. The van der Waals surface area contributed by atoms with Crippen LogP contribution in [-0.2, 0) is 0 Å². The lowest BCUT2D eigenvalue weighted by Gasteiger charge is -2.19. The number of non-ortho nitro benzene ring substituents is 1. The molecule has 4 aromatic carbocycles. The van der Waals surface area contributed by atoms with E-state index >= 15 is 0 Å². The molecule has 6 rings (SSSR count). The Morgan fingerprint density at radius 3 is 1.69 bits per heavy atom. The first-order valence-corrected chi connectivity index (χ1v) is 11.5. The molecule has 172 valence electrons. The SMILES string of the molecule is O=[N+]([O-])c1ccc2[n-]c(-[n+]3c(-c4ccccc4)cc(-c4ccccc4)cc3-c3ccccc3)nc2c1. The van der Waals surface area contributed by atoms with Crippen LogP contribution in [0.15, 0.2) is 121 Å². The summed E-state index contributed by atoms with van der Waals surface area (Å²) in [5.41, 5.74) is 7.09. The molecule has 2 aromatic heterocycles. The Morgan fingerprint density at radius 2 is 1.17 bits per heavy atom. The monoisotopic (exact) mass is 468 g/mol. The van der Waals surface area contributed by atoms with Gasteiger partial charge in [-0.1, -0.05) is 91.0 Å². The molecule has 0 bridgehead atoms. The lowest BCUT2D eigenvalue weighted by atomic mass is 9.99. The van der Waals surface area contributed by atoms with Gasteiger partial charge in [-0.25, -0.2) is 9.97 Å². The molecule has 6 aromatic rings. The zero-order valence-corrected chi connectivity index (χ0v) is 19.2. The van der Waals surface area contributed by atoms with Gasteiger partial charge in [-0.2, -0.15) is 0 Å². The highest BCUT2D eigenvalue weighted by Gasteiger charge is 2.19. The predicted molar refractivity (Wildman–Crippen MR) is 140 cm³/mol.